The van der Waals surface area contributed by atoms with Crippen molar-refractivity contribution >= 4 is 28.3 Å². The second-order valence-corrected chi connectivity index (χ2v) is 4.71. The van der Waals surface area contributed by atoms with Crippen LogP contribution in [0.1, 0.15) is 6.92 Å². The molecular weight excluding hydrogens is 276 g/mol. The molecule has 2 N–H and O–H groups in total. The first-order valence-electron chi connectivity index (χ1n) is 6.22. The van der Waals surface area contributed by atoms with Crippen molar-refractivity contribution in [1.29, 1.82) is 0 Å². The van der Waals surface area contributed by atoms with Crippen LogP contribution in [0.25, 0.3) is 16.7 Å². The zero-order chi connectivity index (χ0) is 14.1. The van der Waals surface area contributed by atoms with Gasteiger partial charge in [0.1, 0.15) is 16.8 Å². The maximum Gasteiger partial charge on any atom is 0.144 e. The summed E-state index contributed by atoms with van der Waals surface area (Å²) in [4.78, 5) is 1.55. The number of nitrogens with zero attached hydrogens (tertiary/aromatic N) is 3. The molecule has 0 amide bonds. The largest absolute Gasteiger partial charge is 0.492 e. The van der Waals surface area contributed by atoms with Crippen molar-refractivity contribution in [2.24, 2.45) is 0 Å². The van der Waals surface area contributed by atoms with Gasteiger partial charge in [-0.3, -0.25) is 0 Å². The van der Waals surface area contributed by atoms with Crippen LogP contribution in [0.15, 0.2) is 36.4 Å². The van der Waals surface area contributed by atoms with Gasteiger partial charge in [0.2, 0.25) is 0 Å². The van der Waals surface area contributed by atoms with Gasteiger partial charge in [0.25, 0.3) is 0 Å². The minimum atomic E-state index is 0.557. The van der Waals surface area contributed by atoms with E-state index in [1.54, 1.807) is 29.1 Å². The van der Waals surface area contributed by atoms with Crippen molar-refractivity contribution in [3.8, 4) is 11.4 Å². The van der Waals surface area contributed by atoms with E-state index in [2.05, 4.69) is 10.2 Å². The topological polar surface area (TPSA) is 66.0 Å². The van der Waals surface area contributed by atoms with Gasteiger partial charge in [-0.25, -0.2) is 0 Å². The zero-order valence-corrected chi connectivity index (χ0v) is 11.6. The number of benzene rings is 2. The van der Waals surface area contributed by atoms with Crippen LogP contribution in [0.4, 0.5) is 5.69 Å². The van der Waals surface area contributed by atoms with Crippen LogP contribution in [0.2, 0.25) is 5.02 Å². The van der Waals surface area contributed by atoms with E-state index < -0.39 is 0 Å². The predicted octanol–water partition coefficient (Wildman–Crippen LogP) is 3.05. The Hall–Kier alpha value is -2.27. The molecule has 0 bridgehead atoms. The number of halogens is 1. The molecule has 0 aliphatic rings. The van der Waals surface area contributed by atoms with Crippen molar-refractivity contribution in [2.45, 2.75) is 6.92 Å². The Morgan fingerprint density at radius 1 is 1.15 bits per heavy atom. The number of nitrogen functional groups attached to an aromatic ring is 1. The molecule has 0 fully saturated rings. The highest BCUT2D eigenvalue weighted by molar-refractivity contribution is 6.30. The molecule has 1 aromatic heterocycles. The third kappa shape index (κ3) is 2.28. The summed E-state index contributed by atoms with van der Waals surface area (Å²) in [6, 6.07) is 10.9. The first kappa shape index (κ1) is 12.7. The summed E-state index contributed by atoms with van der Waals surface area (Å²) in [5.74, 6) is 0.628. The standard InChI is InChI=1S/C14H13ClN4O/c1-2-20-14-8-13-12(7-11(14)16)17-19(18-13)10-5-3-9(15)4-6-10/h3-8H,2,16H2,1H3. The number of aromatic nitrogens is 3. The molecule has 0 radical (unpaired) electrons. The molecule has 3 aromatic rings. The second kappa shape index (κ2) is 5.02. The van der Waals surface area contributed by atoms with Gasteiger partial charge in [-0.2, -0.15) is 4.80 Å². The van der Waals surface area contributed by atoms with E-state index >= 15 is 0 Å². The van der Waals surface area contributed by atoms with Crippen LogP contribution in [-0.4, -0.2) is 21.6 Å². The molecule has 102 valence electrons. The predicted molar refractivity (Wildman–Crippen MR) is 79.5 cm³/mol. The highest BCUT2D eigenvalue weighted by Gasteiger charge is 2.09. The summed E-state index contributed by atoms with van der Waals surface area (Å²) in [5, 5.41) is 9.50. The summed E-state index contributed by atoms with van der Waals surface area (Å²) in [6.45, 7) is 2.47. The van der Waals surface area contributed by atoms with Gasteiger partial charge in [-0.05, 0) is 37.3 Å². The van der Waals surface area contributed by atoms with Gasteiger partial charge in [-0.1, -0.05) is 11.6 Å². The molecule has 3 rings (SSSR count). The molecule has 0 unspecified atom stereocenters. The maximum absolute atomic E-state index is 5.92. The molecule has 0 spiro atoms. The van der Waals surface area contributed by atoms with Gasteiger partial charge >= 0.3 is 0 Å². The normalized spacial score (nSPS) is 10.9. The lowest BCUT2D eigenvalue weighted by atomic mass is 10.2. The molecule has 20 heavy (non-hydrogen) atoms. The smallest absolute Gasteiger partial charge is 0.144 e. The van der Waals surface area contributed by atoms with E-state index in [0.717, 1.165) is 16.7 Å². The fraction of sp³-hybridized carbons (Fsp3) is 0.143. The number of ether oxygens (including phenoxy) is 1. The number of fused-ring (bicyclic) bond motifs is 1. The fourth-order valence-corrected chi connectivity index (χ4v) is 2.06. The van der Waals surface area contributed by atoms with Gasteiger partial charge < -0.3 is 10.5 Å². The maximum atomic E-state index is 5.92. The molecule has 5 nitrogen and oxygen atoms in total. The quantitative estimate of drug-likeness (QED) is 0.752. The van der Waals surface area contributed by atoms with Gasteiger partial charge in [0.15, 0.2) is 0 Å². The van der Waals surface area contributed by atoms with Crippen molar-refractivity contribution in [3.05, 3.63) is 41.4 Å². The Morgan fingerprint density at radius 2 is 1.80 bits per heavy atom. The average Bonchev–Trinajstić information content (AvgIpc) is 2.83. The summed E-state index contributed by atoms with van der Waals surface area (Å²) < 4.78 is 5.46. The molecule has 6 heteroatoms. The summed E-state index contributed by atoms with van der Waals surface area (Å²) >= 11 is 5.87. The minimum absolute atomic E-state index is 0.557. The molecule has 0 aliphatic carbocycles. The number of hydrogen-bond donors (Lipinski definition) is 1. The third-order valence-electron chi connectivity index (χ3n) is 2.87. The minimum Gasteiger partial charge on any atom is -0.492 e. The monoisotopic (exact) mass is 288 g/mol. The number of anilines is 1. The van der Waals surface area contributed by atoms with E-state index in [0.29, 0.717) is 23.1 Å². The first-order chi connectivity index (χ1) is 9.67. The fourth-order valence-electron chi connectivity index (χ4n) is 1.93. The number of nitrogens with two attached hydrogens (primary N) is 1. The second-order valence-electron chi connectivity index (χ2n) is 4.28. The highest BCUT2D eigenvalue weighted by Crippen LogP contribution is 2.26. The number of hydrogen-bond acceptors (Lipinski definition) is 4. The third-order valence-corrected chi connectivity index (χ3v) is 3.12. The van der Waals surface area contributed by atoms with E-state index in [-0.39, 0.29) is 0 Å². The molecule has 0 saturated carbocycles. The van der Waals surface area contributed by atoms with Crippen molar-refractivity contribution in [1.82, 2.24) is 15.0 Å². The lowest BCUT2D eigenvalue weighted by Crippen LogP contribution is -1.97. The highest BCUT2D eigenvalue weighted by atomic mass is 35.5. The van der Waals surface area contributed by atoms with Gasteiger partial charge in [0, 0.05) is 11.1 Å². The molecule has 0 aliphatic heterocycles. The Balaban J connectivity index is 2.08. The summed E-state index contributed by atoms with van der Waals surface area (Å²) in [7, 11) is 0. The van der Waals surface area contributed by atoms with Crippen LogP contribution >= 0.6 is 11.6 Å². The SMILES string of the molecule is CCOc1cc2nn(-c3ccc(Cl)cc3)nc2cc1N. The van der Waals surface area contributed by atoms with Gasteiger partial charge in [0.05, 0.1) is 18.0 Å². The van der Waals surface area contributed by atoms with Crippen molar-refractivity contribution in [2.75, 3.05) is 12.3 Å². The summed E-state index contributed by atoms with van der Waals surface area (Å²) in [5.41, 5.74) is 8.77. The van der Waals surface area contributed by atoms with Crippen LogP contribution in [0.3, 0.4) is 0 Å². The molecule has 0 saturated heterocycles. The van der Waals surface area contributed by atoms with E-state index in [9.17, 15) is 0 Å². The average molecular weight is 289 g/mol. The molecule has 2 aromatic carbocycles. The zero-order valence-electron chi connectivity index (χ0n) is 10.9. The van der Waals surface area contributed by atoms with E-state index in [1.807, 2.05) is 19.1 Å². The molecular formula is C14H13ClN4O. The molecule has 1 heterocycles. The summed E-state index contributed by atoms with van der Waals surface area (Å²) in [6.07, 6.45) is 0. The Morgan fingerprint density at radius 3 is 2.45 bits per heavy atom. The lowest BCUT2D eigenvalue weighted by Gasteiger charge is -2.04. The molecule has 0 atom stereocenters. The van der Waals surface area contributed by atoms with Gasteiger partial charge in [-0.15, -0.1) is 10.2 Å². The van der Waals surface area contributed by atoms with E-state index in [1.165, 1.54) is 0 Å². The van der Waals surface area contributed by atoms with Crippen LogP contribution < -0.4 is 10.5 Å². The Kier molecular flexibility index (Phi) is 3.20. The van der Waals surface area contributed by atoms with Crippen molar-refractivity contribution in [3.63, 3.8) is 0 Å². The van der Waals surface area contributed by atoms with Crippen LogP contribution in [-0.2, 0) is 0 Å². The van der Waals surface area contributed by atoms with Crippen molar-refractivity contribution < 1.29 is 4.74 Å². The van der Waals surface area contributed by atoms with E-state index in [4.69, 9.17) is 22.1 Å². The Bertz CT molecular complexity index is 752. The first-order valence-corrected chi connectivity index (χ1v) is 6.60. The van der Waals surface area contributed by atoms with Crippen LogP contribution in [0, 0.1) is 0 Å². The number of rotatable bonds is 3. The Labute approximate surface area is 120 Å². The lowest BCUT2D eigenvalue weighted by molar-refractivity contribution is 0.342. The van der Waals surface area contributed by atoms with Crippen LogP contribution in [0.5, 0.6) is 5.75 Å².